The van der Waals surface area contributed by atoms with Crippen LogP contribution in [0, 0.1) is 0 Å². The van der Waals surface area contributed by atoms with Gasteiger partial charge in [0.15, 0.2) is 17.3 Å². The van der Waals surface area contributed by atoms with E-state index in [2.05, 4.69) is 44.1 Å². The molecule has 30 heavy (non-hydrogen) atoms. The molecule has 1 saturated heterocycles. The minimum atomic E-state index is 0.276. The first-order valence-electron chi connectivity index (χ1n) is 10.3. The van der Waals surface area contributed by atoms with Gasteiger partial charge in [0.05, 0.1) is 12.2 Å². The van der Waals surface area contributed by atoms with E-state index in [4.69, 9.17) is 9.62 Å². The van der Waals surface area contributed by atoms with Crippen LogP contribution in [-0.4, -0.2) is 52.9 Å². The topological polar surface area (TPSA) is 98.1 Å². The minimum absolute atomic E-state index is 0.276. The van der Waals surface area contributed by atoms with Gasteiger partial charge >= 0.3 is 0 Å². The molecule has 0 spiro atoms. The zero-order valence-corrected chi connectivity index (χ0v) is 17.1. The average molecular weight is 404 g/mol. The molecule has 0 N–H and O–H groups in total. The Morgan fingerprint density at radius 2 is 2.00 bits per heavy atom. The first-order valence-corrected chi connectivity index (χ1v) is 10.3. The van der Waals surface area contributed by atoms with Crippen molar-refractivity contribution in [3.63, 3.8) is 0 Å². The van der Waals surface area contributed by atoms with E-state index < -0.39 is 0 Å². The van der Waals surface area contributed by atoms with E-state index in [-0.39, 0.29) is 5.92 Å². The van der Waals surface area contributed by atoms with Gasteiger partial charge in [-0.1, -0.05) is 19.0 Å². The fourth-order valence-electron chi connectivity index (χ4n) is 3.84. The number of rotatable bonds is 5. The Labute approximate surface area is 174 Å². The van der Waals surface area contributed by atoms with E-state index >= 15 is 0 Å². The van der Waals surface area contributed by atoms with Crippen molar-refractivity contribution in [3.05, 3.63) is 54.2 Å². The van der Waals surface area contributed by atoms with E-state index in [0.29, 0.717) is 18.4 Å². The molecule has 0 aromatic carbocycles. The lowest BCUT2D eigenvalue weighted by atomic mass is 9.96. The number of nitrogens with zero attached hydrogens (tertiary/aromatic N) is 8. The second-order valence-corrected chi connectivity index (χ2v) is 8.04. The number of hydrogen-bond donors (Lipinski definition) is 0. The van der Waals surface area contributed by atoms with E-state index in [1.165, 1.54) is 0 Å². The van der Waals surface area contributed by atoms with Crippen molar-refractivity contribution < 1.29 is 4.52 Å². The summed E-state index contributed by atoms with van der Waals surface area (Å²) in [4.78, 5) is 11.0. The van der Waals surface area contributed by atoms with Gasteiger partial charge in [0.1, 0.15) is 0 Å². The third-order valence-electron chi connectivity index (χ3n) is 5.56. The number of piperidine rings is 1. The Hall–Kier alpha value is -3.20. The summed E-state index contributed by atoms with van der Waals surface area (Å²) in [5, 5.41) is 17.6. The second kappa shape index (κ2) is 7.91. The van der Waals surface area contributed by atoms with Crippen LogP contribution in [-0.2, 0) is 6.54 Å². The van der Waals surface area contributed by atoms with Gasteiger partial charge in [0, 0.05) is 29.8 Å². The molecule has 1 aliphatic rings. The van der Waals surface area contributed by atoms with Crippen molar-refractivity contribution in [1.82, 2.24) is 39.8 Å². The predicted molar refractivity (Wildman–Crippen MR) is 110 cm³/mol. The van der Waals surface area contributed by atoms with Crippen molar-refractivity contribution in [3.8, 4) is 11.3 Å². The SMILES string of the molecule is CC(C)c1noc(CN2CCC(c3nnc4ccc(-c5cccnc5)nn34)CC2)n1. The molecule has 0 radical (unpaired) electrons. The summed E-state index contributed by atoms with van der Waals surface area (Å²) in [6, 6.07) is 7.84. The molecule has 5 heterocycles. The van der Waals surface area contributed by atoms with E-state index in [1.807, 2.05) is 35.0 Å². The van der Waals surface area contributed by atoms with Crippen LogP contribution in [0.4, 0.5) is 0 Å². The third-order valence-corrected chi connectivity index (χ3v) is 5.56. The van der Waals surface area contributed by atoms with Crippen LogP contribution in [0.25, 0.3) is 16.9 Å². The van der Waals surface area contributed by atoms with Gasteiger partial charge < -0.3 is 4.52 Å². The lowest BCUT2D eigenvalue weighted by molar-refractivity contribution is 0.178. The Morgan fingerprint density at radius 1 is 1.13 bits per heavy atom. The molecule has 4 aromatic heterocycles. The zero-order valence-electron chi connectivity index (χ0n) is 17.1. The molecule has 9 heteroatoms. The highest BCUT2D eigenvalue weighted by atomic mass is 16.5. The number of likely N-dealkylation sites (tertiary alicyclic amines) is 1. The first-order chi connectivity index (χ1) is 14.7. The number of fused-ring (bicyclic) bond motifs is 1. The smallest absolute Gasteiger partial charge is 0.240 e. The molecule has 0 bridgehead atoms. The standard InChI is InChI=1S/C21H24N8O/c1-14(2)20-23-19(30-27-20)13-28-10-7-15(8-11-28)21-25-24-18-6-5-17(26-29(18)21)16-4-3-9-22-12-16/h3-6,9,12,14-15H,7-8,10-11,13H2,1-2H3. The van der Waals surface area contributed by atoms with Gasteiger partial charge in [-0.15, -0.1) is 10.2 Å². The van der Waals surface area contributed by atoms with Gasteiger partial charge in [-0.2, -0.15) is 14.6 Å². The maximum absolute atomic E-state index is 5.40. The highest BCUT2D eigenvalue weighted by Gasteiger charge is 2.26. The summed E-state index contributed by atoms with van der Waals surface area (Å²) in [6.45, 7) is 6.71. The minimum Gasteiger partial charge on any atom is -0.338 e. The summed E-state index contributed by atoms with van der Waals surface area (Å²) >= 11 is 0. The Balaban J connectivity index is 1.29. The van der Waals surface area contributed by atoms with Crippen molar-refractivity contribution in [2.75, 3.05) is 13.1 Å². The molecule has 154 valence electrons. The number of aromatic nitrogens is 7. The van der Waals surface area contributed by atoms with Gasteiger partial charge in [-0.3, -0.25) is 9.88 Å². The van der Waals surface area contributed by atoms with Crippen LogP contribution in [0.5, 0.6) is 0 Å². The molecule has 0 saturated carbocycles. The molecular formula is C21H24N8O. The summed E-state index contributed by atoms with van der Waals surface area (Å²) in [5.74, 6) is 2.98. The predicted octanol–water partition coefficient (Wildman–Crippen LogP) is 3.07. The highest BCUT2D eigenvalue weighted by molar-refractivity contribution is 5.58. The summed E-state index contributed by atoms with van der Waals surface area (Å²) in [6.07, 6.45) is 5.56. The monoisotopic (exact) mass is 404 g/mol. The third kappa shape index (κ3) is 3.68. The van der Waals surface area contributed by atoms with Gasteiger partial charge in [0.25, 0.3) is 0 Å². The zero-order chi connectivity index (χ0) is 20.5. The van der Waals surface area contributed by atoms with Crippen molar-refractivity contribution >= 4 is 5.65 Å². The molecule has 0 amide bonds. The molecule has 9 nitrogen and oxygen atoms in total. The molecule has 0 aliphatic carbocycles. The average Bonchev–Trinajstić information content (AvgIpc) is 3.42. The van der Waals surface area contributed by atoms with E-state index in [0.717, 1.165) is 54.5 Å². The quantitative estimate of drug-likeness (QED) is 0.500. The summed E-state index contributed by atoms with van der Waals surface area (Å²) in [5.41, 5.74) is 2.62. The number of hydrogen-bond acceptors (Lipinski definition) is 8. The maximum atomic E-state index is 5.40. The fraction of sp³-hybridized carbons (Fsp3) is 0.429. The van der Waals surface area contributed by atoms with Gasteiger partial charge in [-0.25, -0.2) is 0 Å². The fourth-order valence-corrected chi connectivity index (χ4v) is 3.84. The Morgan fingerprint density at radius 3 is 2.73 bits per heavy atom. The van der Waals surface area contributed by atoms with Crippen LogP contribution >= 0.6 is 0 Å². The summed E-state index contributed by atoms with van der Waals surface area (Å²) < 4.78 is 7.28. The van der Waals surface area contributed by atoms with E-state index in [1.54, 1.807) is 6.20 Å². The van der Waals surface area contributed by atoms with Gasteiger partial charge in [0.2, 0.25) is 5.89 Å². The van der Waals surface area contributed by atoms with Gasteiger partial charge in [-0.05, 0) is 50.2 Å². The molecule has 1 fully saturated rings. The molecule has 1 aliphatic heterocycles. The van der Waals surface area contributed by atoms with Crippen LogP contribution in [0.1, 0.15) is 56.1 Å². The molecular weight excluding hydrogens is 380 g/mol. The largest absolute Gasteiger partial charge is 0.338 e. The maximum Gasteiger partial charge on any atom is 0.240 e. The van der Waals surface area contributed by atoms with E-state index in [9.17, 15) is 0 Å². The van der Waals surface area contributed by atoms with Crippen molar-refractivity contribution in [1.29, 1.82) is 0 Å². The lowest BCUT2D eigenvalue weighted by Gasteiger charge is -2.29. The molecule has 4 aromatic rings. The van der Waals surface area contributed by atoms with Crippen LogP contribution in [0.15, 0.2) is 41.2 Å². The molecule has 0 atom stereocenters. The summed E-state index contributed by atoms with van der Waals surface area (Å²) in [7, 11) is 0. The Kier molecular flexibility index (Phi) is 4.96. The lowest BCUT2D eigenvalue weighted by Crippen LogP contribution is -2.33. The Bertz CT molecular complexity index is 1130. The second-order valence-electron chi connectivity index (χ2n) is 8.04. The highest BCUT2D eigenvalue weighted by Crippen LogP contribution is 2.28. The van der Waals surface area contributed by atoms with Crippen molar-refractivity contribution in [2.24, 2.45) is 0 Å². The number of pyridine rings is 1. The van der Waals surface area contributed by atoms with Crippen molar-refractivity contribution in [2.45, 2.75) is 45.1 Å². The molecule has 0 unspecified atom stereocenters. The van der Waals surface area contributed by atoms with Crippen LogP contribution < -0.4 is 0 Å². The first kappa shape index (κ1) is 18.8. The van der Waals surface area contributed by atoms with Crippen LogP contribution in [0.3, 0.4) is 0 Å². The normalized spacial score (nSPS) is 16.0. The molecule has 5 rings (SSSR count). The van der Waals surface area contributed by atoms with Crippen LogP contribution in [0.2, 0.25) is 0 Å².